The molecule has 0 spiro atoms. The summed E-state index contributed by atoms with van der Waals surface area (Å²) >= 11 is 0. The van der Waals surface area contributed by atoms with Gasteiger partial charge in [-0.3, -0.25) is 24.2 Å². The van der Waals surface area contributed by atoms with E-state index in [1.807, 2.05) is 6.07 Å². The Kier molecular flexibility index (Phi) is 6.44. The van der Waals surface area contributed by atoms with E-state index in [1.165, 1.54) is 11.1 Å². The van der Waals surface area contributed by atoms with Crippen molar-refractivity contribution in [2.75, 3.05) is 26.2 Å². The topological polar surface area (TPSA) is 112 Å². The van der Waals surface area contributed by atoms with Crippen molar-refractivity contribution in [1.29, 1.82) is 0 Å². The van der Waals surface area contributed by atoms with Gasteiger partial charge in [-0.25, -0.2) is 0 Å². The third-order valence-electron chi connectivity index (χ3n) is 5.76. The number of rotatable bonds is 4. The summed E-state index contributed by atoms with van der Waals surface area (Å²) in [4.78, 5) is 58.5. The van der Waals surface area contributed by atoms with Gasteiger partial charge in [-0.1, -0.05) is 18.2 Å². The highest BCUT2D eigenvalue weighted by Gasteiger charge is 2.39. The van der Waals surface area contributed by atoms with Crippen LogP contribution in [-0.4, -0.2) is 76.7 Å². The maximum absolute atomic E-state index is 13.2. The van der Waals surface area contributed by atoms with E-state index in [1.54, 1.807) is 47.5 Å². The Morgan fingerprint density at radius 3 is 2.50 bits per heavy atom. The first kappa shape index (κ1) is 21.5. The highest BCUT2D eigenvalue weighted by atomic mass is 16.2. The number of piperazine rings is 1. The smallest absolute Gasteiger partial charge is 0.256 e. The quantitative estimate of drug-likeness (QED) is 0.724. The Morgan fingerprint density at radius 2 is 1.78 bits per heavy atom. The molecule has 2 aliphatic rings. The maximum atomic E-state index is 13.2. The zero-order chi connectivity index (χ0) is 22.5. The van der Waals surface area contributed by atoms with Crippen LogP contribution in [0.25, 0.3) is 0 Å². The minimum absolute atomic E-state index is 0.0416. The molecule has 166 valence electrons. The van der Waals surface area contributed by atoms with E-state index in [4.69, 9.17) is 0 Å². The summed E-state index contributed by atoms with van der Waals surface area (Å²) in [6.45, 7) is 1.12. The lowest BCUT2D eigenvalue weighted by molar-refractivity contribution is -0.133. The van der Waals surface area contributed by atoms with Crippen LogP contribution in [0.15, 0.2) is 54.9 Å². The van der Waals surface area contributed by atoms with Crippen molar-refractivity contribution < 1.29 is 19.2 Å². The minimum Gasteiger partial charge on any atom is -0.354 e. The van der Waals surface area contributed by atoms with E-state index in [0.717, 1.165) is 6.42 Å². The summed E-state index contributed by atoms with van der Waals surface area (Å²) in [6.07, 6.45) is 4.32. The van der Waals surface area contributed by atoms with Gasteiger partial charge >= 0.3 is 0 Å². The standard InChI is InChI=1S/C23H25N5O4/c29-20-18(9-5-11-25-20)26-21(30)19-15-27(22(31)16-6-2-1-3-7-16)12-13-28(19)23(32)17-8-4-10-24-14-17/h1-4,6-8,10,14,18-19H,5,9,11-13,15H2,(H,25,29)(H,26,30)/t18-,19+/m0/s1. The van der Waals surface area contributed by atoms with Crippen molar-refractivity contribution in [3.63, 3.8) is 0 Å². The number of hydrogen-bond acceptors (Lipinski definition) is 5. The first-order chi connectivity index (χ1) is 15.5. The van der Waals surface area contributed by atoms with Crippen molar-refractivity contribution in [3.8, 4) is 0 Å². The van der Waals surface area contributed by atoms with Gasteiger partial charge in [0.2, 0.25) is 11.8 Å². The summed E-state index contributed by atoms with van der Waals surface area (Å²) in [5, 5.41) is 5.52. The Hall–Kier alpha value is -3.75. The summed E-state index contributed by atoms with van der Waals surface area (Å²) in [6, 6.07) is 10.6. The summed E-state index contributed by atoms with van der Waals surface area (Å²) in [5.41, 5.74) is 0.883. The molecule has 2 fully saturated rings. The molecule has 32 heavy (non-hydrogen) atoms. The van der Waals surface area contributed by atoms with Crippen LogP contribution < -0.4 is 10.6 Å². The summed E-state index contributed by atoms with van der Waals surface area (Å²) < 4.78 is 0. The fraction of sp³-hybridized carbons (Fsp3) is 0.348. The Balaban J connectivity index is 1.56. The molecule has 2 saturated heterocycles. The molecule has 1 aromatic heterocycles. The van der Waals surface area contributed by atoms with Crippen molar-refractivity contribution in [1.82, 2.24) is 25.4 Å². The van der Waals surface area contributed by atoms with E-state index >= 15 is 0 Å². The number of piperidine rings is 1. The Bertz CT molecular complexity index is 998. The molecular formula is C23H25N5O4. The molecule has 0 aliphatic carbocycles. The van der Waals surface area contributed by atoms with Crippen LogP contribution in [0.3, 0.4) is 0 Å². The van der Waals surface area contributed by atoms with Gasteiger partial charge in [-0.15, -0.1) is 0 Å². The lowest BCUT2D eigenvalue weighted by atomic mass is 10.0. The monoisotopic (exact) mass is 435 g/mol. The zero-order valence-corrected chi connectivity index (χ0v) is 17.6. The highest BCUT2D eigenvalue weighted by Crippen LogP contribution is 2.17. The normalized spacial score (nSPS) is 20.9. The molecule has 4 rings (SSSR count). The van der Waals surface area contributed by atoms with Gasteiger partial charge in [0, 0.05) is 37.6 Å². The second-order valence-corrected chi connectivity index (χ2v) is 7.87. The molecule has 2 atom stereocenters. The number of hydrogen-bond donors (Lipinski definition) is 2. The lowest BCUT2D eigenvalue weighted by Gasteiger charge is -2.41. The van der Waals surface area contributed by atoms with Gasteiger partial charge in [0.1, 0.15) is 12.1 Å². The average molecular weight is 435 g/mol. The second-order valence-electron chi connectivity index (χ2n) is 7.87. The molecule has 0 unspecified atom stereocenters. The van der Waals surface area contributed by atoms with Crippen molar-refractivity contribution >= 4 is 23.6 Å². The van der Waals surface area contributed by atoms with E-state index < -0.39 is 18.0 Å². The average Bonchev–Trinajstić information content (AvgIpc) is 2.85. The van der Waals surface area contributed by atoms with Gasteiger partial charge in [-0.2, -0.15) is 0 Å². The van der Waals surface area contributed by atoms with E-state index in [0.29, 0.717) is 30.6 Å². The molecule has 2 aromatic rings. The van der Waals surface area contributed by atoms with Crippen LogP contribution in [0.4, 0.5) is 0 Å². The van der Waals surface area contributed by atoms with E-state index in [2.05, 4.69) is 15.6 Å². The molecule has 2 aliphatic heterocycles. The number of amides is 4. The summed E-state index contributed by atoms with van der Waals surface area (Å²) in [5.74, 6) is -1.22. The number of aromatic nitrogens is 1. The number of nitrogens with zero attached hydrogens (tertiary/aromatic N) is 3. The second kappa shape index (κ2) is 9.59. The van der Waals surface area contributed by atoms with Gasteiger partial charge in [0.25, 0.3) is 11.8 Å². The van der Waals surface area contributed by atoms with Crippen LogP contribution in [-0.2, 0) is 9.59 Å². The molecule has 9 nitrogen and oxygen atoms in total. The number of nitrogens with one attached hydrogen (secondary N) is 2. The molecule has 9 heteroatoms. The van der Waals surface area contributed by atoms with Gasteiger partial charge in [0.05, 0.1) is 12.1 Å². The number of carbonyl (C=O) groups excluding carboxylic acids is 4. The van der Waals surface area contributed by atoms with E-state index in [9.17, 15) is 19.2 Å². The van der Waals surface area contributed by atoms with E-state index in [-0.39, 0.29) is 30.8 Å². The van der Waals surface area contributed by atoms with Crippen LogP contribution in [0.5, 0.6) is 0 Å². The molecule has 3 heterocycles. The lowest BCUT2D eigenvalue weighted by Crippen LogP contribution is -2.63. The molecule has 0 radical (unpaired) electrons. The maximum Gasteiger partial charge on any atom is 0.256 e. The van der Waals surface area contributed by atoms with Crippen LogP contribution >= 0.6 is 0 Å². The number of carbonyl (C=O) groups is 4. The predicted molar refractivity (Wildman–Crippen MR) is 116 cm³/mol. The molecule has 4 amide bonds. The predicted octanol–water partition coefficient (Wildman–Crippen LogP) is 0.443. The van der Waals surface area contributed by atoms with Crippen LogP contribution in [0.1, 0.15) is 33.6 Å². The highest BCUT2D eigenvalue weighted by molar-refractivity contribution is 6.00. The van der Waals surface area contributed by atoms with Crippen LogP contribution in [0, 0.1) is 0 Å². The Labute approximate surface area is 185 Å². The fourth-order valence-corrected chi connectivity index (χ4v) is 4.03. The molecule has 2 N–H and O–H groups in total. The number of benzene rings is 1. The van der Waals surface area contributed by atoms with Gasteiger partial charge in [0.15, 0.2) is 0 Å². The summed E-state index contributed by atoms with van der Waals surface area (Å²) in [7, 11) is 0. The molecule has 0 bridgehead atoms. The van der Waals surface area contributed by atoms with Gasteiger partial charge in [-0.05, 0) is 37.1 Å². The minimum atomic E-state index is -0.918. The SMILES string of the molecule is O=C1NCCC[C@@H]1NC(=O)[C@H]1CN(C(=O)c2ccccc2)CCN1C(=O)c1cccnc1. The largest absolute Gasteiger partial charge is 0.354 e. The van der Waals surface area contributed by atoms with Crippen LogP contribution in [0.2, 0.25) is 0 Å². The molecule has 0 saturated carbocycles. The molecular weight excluding hydrogens is 410 g/mol. The first-order valence-electron chi connectivity index (χ1n) is 10.7. The Morgan fingerprint density at radius 1 is 1.00 bits per heavy atom. The van der Waals surface area contributed by atoms with Gasteiger partial charge < -0.3 is 20.4 Å². The zero-order valence-electron chi connectivity index (χ0n) is 17.6. The fourth-order valence-electron chi connectivity index (χ4n) is 4.03. The third kappa shape index (κ3) is 4.61. The van der Waals surface area contributed by atoms with Crippen molar-refractivity contribution in [3.05, 3.63) is 66.0 Å². The third-order valence-corrected chi connectivity index (χ3v) is 5.76. The number of pyridine rings is 1. The molecule has 1 aromatic carbocycles. The van der Waals surface area contributed by atoms with Crippen molar-refractivity contribution in [2.24, 2.45) is 0 Å². The van der Waals surface area contributed by atoms with Crippen molar-refractivity contribution in [2.45, 2.75) is 24.9 Å². The first-order valence-corrected chi connectivity index (χ1v) is 10.7.